The van der Waals surface area contributed by atoms with Crippen molar-refractivity contribution >= 4 is 5.97 Å². The van der Waals surface area contributed by atoms with Crippen LogP contribution in [0.2, 0.25) is 0 Å². The van der Waals surface area contributed by atoms with Gasteiger partial charge < -0.3 is 25.2 Å². The van der Waals surface area contributed by atoms with E-state index in [2.05, 4.69) is 4.74 Å². The Hall–Kier alpha value is -0.950. The lowest BCUT2D eigenvalue weighted by atomic mass is 9.86. The minimum atomic E-state index is -2.03. The first kappa shape index (κ1) is 9.60. The third kappa shape index (κ3) is 0.908. The molecule has 1 aliphatic carbocycles. The Kier molecular flexibility index (Phi) is 1.61. The van der Waals surface area contributed by atoms with Crippen LogP contribution >= 0.6 is 0 Å². The van der Waals surface area contributed by atoms with Crippen molar-refractivity contribution in [3.63, 3.8) is 0 Å². The fourth-order valence-corrected chi connectivity index (χ4v) is 1.75. The standard InChI is InChI=1S/C8H10O6/c1-3-4(6(10)11)2-7(12)8(13,14-7)5(3)9/h5,9,12-13H,2H2,1H3,(H,10,11). The summed E-state index contributed by atoms with van der Waals surface area (Å²) < 4.78 is 4.57. The maximum Gasteiger partial charge on any atom is 0.331 e. The molecule has 0 bridgehead atoms. The first-order valence-corrected chi connectivity index (χ1v) is 4.08. The Balaban J connectivity index is 2.43. The largest absolute Gasteiger partial charge is 0.478 e. The number of carboxylic acid groups (broad SMARTS) is 1. The summed E-state index contributed by atoms with van der Waals surface area (Å²) in [6, 6.07) is 0. The van der Waals surface area contributed by atoms with Gasteiger partial charge in [-0.3, -0.25) is 0 Å². The quantitative estimate of drug-likeness (QED) is 0.387. The van der Waals surface area contributed by atoms with Crippen molar-refractivity contribution in [3.8, 4) is 0 Å². The van der Waals surface area contributed by atoms with Crippen molar-refractivity contribution in [1.82, 2.24) is 0 Å². The number of ether oxygens (including phenoxy) is 1. The Morgan fingerprint density at radius 3 is 2.64 bits per heavy atom. The monoisotopic (exact) mass is 202 g/mol. The number of aliphatic carboxylic acids is 1. The van der Waals surface area contributed by atoms with E-state index >= 15 is 0 Å². The molecule has 3 unspecified atom stereocenters. The minimum absolute atomic E-state index is 0.113. The zero-order valence-corrected chi connectivity index (χ0v) is 7.39. The van der Waals surface area contributed by atoms with Crippen LogP contribution in [0.4, 0.5) is 0 Å². The molecule has 2 aliphatic rings. The van der Waals surface area contributed by atoms with Crippen molar-refractivity contribution in [1.29, 1.82) is 0 Å². The van der Waals surface area contributed by atoms with E-state index in [1.165, 1.54) is 6.92 Å². The number of hydrogen-bond acceptors (Lipinski definition) is 5. The molecule has 78 valence electrons. The minimum Gasteiger partial charge on any atom is -0.478 e. The van der Waals surface area contributed by atoms with E-state index in [9.17, 15) is 20.1 Å². The molecule has 14 heavy (non-hydrogen) atoms. The second kappa shape index (κ2) is 2.34. The molecule has 1 heterocycles. The number of epoxide rings is 1. The maximum absolute atomic E-state index is 10.7. The summed E-state index contributed by atoms with van der Waals surface area (Å²) in [5.41, 5.74) is -0.00986. The lowest BCUT2D eigenvalue weighted by Gasteiger charge is -2.24. The van der Waals surface area contributed by atoms with Crippen LogP contribution in [-0.4, -0.2) is 44.1 Å². The van der Waals surface area contributed by atoms with Crippen molar-refractivity contribution in [2.75, 3.05) is 0 Å². The fourth-order valence-electron chi connectivity index (χ4n) is 1.75. The van der Waals surface area contributed by atoms with Crippen LogP contribution in [0, 0.1) is 0 Å². The smallest absolute Gasteiger partial charge is 0.331 e. The summed E-state index contributed by atoms with van der Waals surface area (Å²) >= 11 is 0. The maximum atomic E-state index is 10.7. The average molecular weight is 202 g/mol. The second-order valence-electron chi connectivity index (χ2n) is 3.63. The molecule has 6 nitrogen and oxygen atoms in total. The highest BCUT2D eigenvalue weighted by molar-refractivity contribution is 5.88. The van der Waals surface area contributed by atoms with Crippen molar-refractivity contribution in [2.45, 2.75) is 31.0 Å². The average Bonchev–Trinajstić information content (AvgIpc) is 2.64. The molecule has 0 radical (unpaired) electrons. The number of aliphatic hydroxyl groups excluding tert-OH is 1. The normalized spacial score (nSPS) is 46.1. The zero-order chi connectivity index (χ0) is 10.7. The number of fused-ring (bicyclic) bond motifs is 1. The van der Waals surface area contributed by atoms with Gasteiger partial charge in [-0.2, -0.15) is 0 Å². The molecule has 0 spiro atoms. The van der Waals surface area contributed by atoms with Crippen LogP contribution in [0.3, 0.4) is 0 Å². The molecule has 0 aromatic rings. The van der Waals surface area contributed by atoms with Crippen LogP contribution < -0.4 is 0 Å². The number of hydrogen-bond donors (Lipinski definition) is 4. The Bertz CT molecular complexity index is 348. The SMILES string of the molecule is CC1=C(C(=O)O)CC2(O)OC2(O)C1O. The molecule has 1 aliphatic heterocycles. The number of aliphatic hydroxyl groups is 3. The molecule has 2 rings (SSSR count). The number of carbonyl (C=O) groups is 1. The van der Waals surface area contributed by atoms with E-state index in [0.29, 0.717) is 0 Å². The van der Waals surface area contributed by atoms with Crippen LogP contribution in [0.15, 0.2) is 11.1 Å². The van der Waals surface area contributed by atoms with Gasteiger partial charge in [0, 0.05) is 12.0 Å². The van der Waals surface area contributed by atoms with Crippen molar-refractivity contribution < 1.29 is 30.0 Å². The molecule has 4 N–H and O–H groups in total. The summed E-state index contributed by atoms with van der Waals surface area (Å²) in [7, 11) is 0. The summed E-state index contributed by atoms with van der Waals surface area (Å²) in [4.78, 5) is 10.7. The molecule has 0 amide bonds. The van der Waals surface area contributed by atoms with Crippen molar-refractivity contribution in [3.05, 3.63) is 11.1 Å². The molecule has 0 aromatic carbocycles. The molecular formula is C8H10O6. The van der Waals surface area contributed by atoms with E-state index in [0.717, 1.165) is 0 Å². The molecule has 1 saturated heterocycles. The predicted octanol–water partition coefficient (Wildman–Crippen LogP) is -1.44. The van der Waals surface area contributed by atoms with Gasteiger partial charge in [0.15, 0.2) is 0 Å². The van der Waals surface area contributed by atoms with Gasteiger partial charge in [0.1, 0.15) is 6.10 Å². The topological polar surface area (TPSA) is 111 Å². The third-order valence-corrected chi connectivity index (χ3v) is 2.77. The first-order chi connectivity index (χ1) is 6.32. The van der Waals surface area contributed by atoms with Gasteiger partial charge in [0.05, 0.1) is 0 Å². The predicted molar refractivity (Wildman–Crippen MR) is 41.9 cm³/mol. The van der Waals surface area contributed by atoms with E-state index in [1.54, 1.807) is 0 Å². The highest BCUT2D eigenvalue weighted by Crippen LogP contribution is 2.55. The third-order valence-electron chi connectivity index (χ3n) is 2.77. The van der Waals surface area contributed by atoms with Crippen molar-refractivity contribution in [2.24, 2.45) is 0 Å². The Morgan fingerprint density at radius 1 is 1.57 bits per heavy atom. The summed E-state index contributed by atoms with van der Waals surface area (Å²) in [5, 5.41) is 37.2. The van der Waals surface area contributed by atoms with E-state index < -0.39 is 23.6 Å². The molecular weight excluding hydrogens is 192 g/mol. The van der Waals surface area contributed by atoms with Crippen LogP contribution in [0.25, 0.3) is 0 Å². The molecule has 3 atom stereocenters. The van der Waals surface area contributed by atoms with Crippen LogP contribution in [-0.2, 0) is 9.53 Å². The van der Waals surface area contributed by atoms with Crippen LogP contribution in [0.1, 0.15) is 13.3 Å². The molecule has 1 fully saturated rings. The molecule has 6 heteroatoms. The molecule has 0 saturated carbocycles. The number of carboxylic acids is 1. The van der Waals surface area contributed by atoms with Gasteiger partial charge in [-0.15, -0.1) is 0 Å². The molecule has 0 aromatic heterocycles. The summed E-state index contributed by atoms with van der Waals surface area (Å²) in [5.74, 6) is -5.21. The lowest BCUT2D eigenvalue weighted by molar-refractivity contribution is -0.134. The van der Waals surface area contributed by atoms with E-state index in [-0.39, 0.29) is 17.6 Å². The van der Waals surface area contributed by atoms with E-state index in [4.69, 9.17) is 5.11 Å². The van der Waals surface area contributed by atoms with Gasteiger partial charge in [-0.1, -0.05) is 0 Å². The van der Waals surface area contributed by atoms with Gasteiger partial charge in [0.2, 0.25) is 5.79 Å². The fraction of sp³-hybridized carbons (Fsp3) is 0.625. The summed E-state index contributed by atoms with van der Waals surface area (Å²) in [6.45, 7) is 1.38. The zero-order valence-electron chi connectivity index (χ0n) is 7.39. The Labute approximate surface area is 79.0 Å². The van der Waals surface area contributed by atoms with Gasteiger partial charge in [-0.05, 0) is 12.5 Å². The van der Waals surface area contributed by atoms with Gasteiger partial charge in [0.25, 0.3) is 5.79 Å². The summed E-state index contributed by atoms with van der Waals surface area (Å²) in [6.07, 6.45) is -1.81. The lowest BCUT2D eigenvalue weighted by Crippen LogP contribution is -2.43. The van der Waals surface area contributed by atoms with E-state index in [1.807, 2.05) is 0 Å². The second-order valence-corrected chi connectivity index (χ2v) is 3.63. The van der Waals surface area contributed by atoms with Gasteiger partial charge in [-0.25, -0.2) is 4.79 Å². The Morgan fingerprint density at radius 2 is 2.14 bits per heavy atom. The first-order valence-electron chi connectivity index (χ1n) is 4.08. The highest BCUT2D eigenvalue weighted by atomic mass is 16.8. The van der Waals surface area contributed by atoms with Crippen LogP contribution in [0.5, 0.6) is 0 Å². The highest BCUT2D eigenvalue weighted by Gasteiger charge is 2.76. The number of rotatable bonds is 1. The van der Waals surface area contributed by atoms with Gasteiger partial charge >= 0.3 is 5.97 Å².